The minimum atomic E-state index is -0.844. The van der Waals surface area contributed by atoms with Crippen LogP contribution in [0, 0.1) is 5.82 Å². The van der Waals surface area contributed by atoms with E-state index in [0.717, 1.165) is 0 Å². The van der Waals surface area contributed by atoms with Gasteiger partial charge in [-0.25, -0.2) is 9.37 Å². The highest BCUT2D eigenvalue weighted by Gasteiger charge is 2.41. The Hall–Kier alpha value is -2.96. The fraction of sp³-hybridized carbons (Fsp3) is 0.435. The molecule has 0 saturated carbocycles. The molecule has 30 heavy (non-hydrogen) atoms. The highest BCUT2D eigenvalue weighted by molar-refractivity contribution is 5.86. The molecule has 0 N–H and O–H groups in total. The summed E-state index contributed by atoms with van der Waals surface area (Å²) in [5, 5.41) is 4.70. The van der Waals surface area contributed by atoms with Gasteiger partial charge in [0.2, 0.25) is 5.88 Å². The summed E-state index contributed by atoms with van der Waals surface area (Å²) in [6.45, 7) is 8.58. The molecule has 2 heterocycles. The zero-order valence-electron chi connectivity index (χ0n) is 18.2. The average molecular weight is 413 g/mol. The number of hydrogen-bond acceptors (Lipinski definition) is 5. The Balaban J connectivity index is 2.14. The molecule has 0 radical (unpaired) electrons. The molecule has 3 aromatic rings. The molecule has 0 bridgehead atoms. The van der Waals surface area contributed by atoms with E-state index in [4.69, 9.17) is 9.47 Å². The van der Waals surface area contributed by atoms with Crippen LogP contribution in [-0.2, 0) is 21.5 Å². The van der Waals surface area contributed by atoms with Crippen molar-refractivity contribution in [2.24, 2.45) is 0 Å². The van der Waals surface area contributed by atoms with Crippen molar-refractivity contribution in [3.05, 3.63) is 41.8 Å². The fourth-order valence-electron chi connectivity index (χ4n) is 3.95. The molecule has 0 aliphatic heterocycles. The standard InChI is InChI=1S/C23H28FN3O3/c1-6-23(7-2,22(28)30-9-4)17-10-11-19(26-21(17)29-5)15-12-18(24)16-14-25-27(8-3)20(16)13-15/h10-14H,6-9H2,1-5H3. The number of aryl methyl sites for hydroxylation is 1. The maximum atomic E-state index is 14.7. The minimum Gasteiger partial charge on any atom is -0.481 e. The highest BCUT2D eigenvalue weighted by atomic mass is 19.1. The molecule has 1 aromatic carbocycles. The summed E-state index contributed by atoms with van der Waals surface area (Å²) in [5.74, 6) is -0.300. The van der Waals surface area contributed by atoms with Gasteiger partial charge in [0, 0.05) is 17.7 Å². The van der Waals surface area contributed by atoms with Crippen LogP contribution in [0.2, 0.25) is 0 Å². The summed E-state index contributed by atoms with van der Waals surface area (Å²) in [7, 11) is 1.52. The molecule has 6 nitrogen and oxygen atoms in total. The smallest absolute Gasteiger partial charge is 0.316 e. The van der Waals surface area contributed by atoms with Crippen LogP contribution in [-0.4, -0.2) is 34.5 Å². The first-order valence-corrected chi connectivity index (χ1v) is 10.3. The van der Waals surface area contributed by atoms with Crippen LogP contribution in [0.5, 0.6) is 5.88 Å². The largest absolute Gasteiger partial charge is 0.481 e. The normalized spacial score (nSPS) is 11.7. The summed E-state index contributed by atoms with van der Waals surface area (Å²) in [6, 6.07) is 6.95. The van der Waals surface area contributed by atoms with Crippen LogP contribution in [0.15, 0.2) is 30.5 Å². The molecular formula is C23H28FN3O3. The van der Waals surface area contributed by atoms with Gasteiger partial charge < -0.3 is 9.47 Å². The number of nitrogens with zero attached hydrogens (tertiary/aromatic N) is 3. The number of fused-ring (bicyclic) bond motifs is 1. The number of benzene rings is 1. The summed E-state index contributed by atoms with van der Waals surface area (Å²) in [6.07, 6.45) is 2.64. The van der Waals surface area contributed by atoms with Crippen LogP contribution in [0.3, 0.4) is 0 Å². The van der Waals surface area contributed by atoms with Gasteiger partial charge in [-0.1, -0.05) is 19.9 Å². The van der Waals surface area contributed by atoms with E-state index in [2.05, 4.69) is 10.1 Å². The van der Waals surface area contributed by atoms with Crippen LogP contribution in [0.4, 0.5) is 4.39 Å². The van der Waals surface area contributed by atoms with E-state index in [-0.39, 0.29) is 11.8 Å². The number of hydrogen-bond donors (Lipinski definition) is 0. The second kappa shape index (κ2) is 8.81. The van der Waals surface area contributed by atoms with Gasteiger partial charge >= 0.3 is 5.97 Å². The van der Waals surface area contributed by atoms with Crippen molar-refractivity contribution in [3.63, 3.8) is 0 Å². The summed E-state index contributed by atoms with van der Waals surface area (Å²) in [4.78, 5) is 17.4. The number of ether oxygens (including phenoxy) is 2. The quantitative estimate of drug-likeness (QED) is 0.492. The number of aromatic nitrogens is 3. The van der Waals surface area contributed by atoms with Crippen LogP contribution in [0.25, 0.3) is 22.2 Å². The Morgan fingerprint density at radius 1 is 1.17 bits per heavy atom. The lowest BCUT2D eigenvalue weighted by atomic mass is 9.76. The minimum absolute atomic E-state index is 0.290. The second-order valence-electron chi connectivity index (χ2n) is 7.11. The van der Waals surface area contributed by atoms with Gasteiger partial charge in [-0.3, -0.25) is 9.48 Å². The zero-order chi connectivity index (χ0) is 21.9. The maximum absolute atomic E-state index is 14.7. The van der Waals surface area contributed by atoms with Gasteiger partial charge in [0.15, 0.2) is 0 Å². The molecule has 0 aliphatic carbocycles. The number of rotatable bonds is 8. The highest BCUT2D eigenvalue weighted by Crippen LogP contribution is 2.39. The van der Waals surface area contributed by atoms with Gasteiger partial charge in [0.1, 0.15) is 5.82 Å². The maximum Gasteiger partial charge on any atom is 0.316 e. The lowest BCUT2D eigenvalue weighted by molar-refractivity contribution is -0.150. The van der Waals surface area contributed by atoms with Crippen molar-refractivity contribution in [3.8, 4) is 17.1 Å². The molecule has 160 valence electrons. The first-order chi connectivity index (χ1) is 14.4. The van der Waals surface area contributed by atoms with E-state index < -0.39 is 5.41 Å². The Bertz CT molecular complexity index is 1060. The number of esters is 1. The topological polar surface area (TPSA) is 66.2 Å². The molecule has 3 rings (SSSR count). The summed E-state index contributed by atoms with van der Waals surface area (Å²) < 4.78 is 27.3. The van der Waals surface area contributed by atoms with Crippen molar-refractivity contribution in [2.45, 2.75) is 52.5 Å². The average Bonchev–Trinajstić information content (AvgIpc) is 3.19. The second-order valence-corrected chi connectivity index (χ2v) is 7.11. The first-order valence-electron chi connectivity index (χ1n) is 10.3. The van der Waals surface area contributed by atoms with E-state index >= 15 is 0 Å². The number of carbonyl (C=O) groups is 1. The summed E-state index contributed by atoms with van der Waals surface area (Å²) >= 11 is 0. The Morgan fingerprint density at radius 3 is 2.50 bits per heavy atom. The molecule has 0 saturated heterocycles. The third kappa shape index (κ3) is 3.53. The fourth-order valence-corrected chi connectivity index (χ4v) is 3.95. The van der Waals surface area contributed by atoms with Crippen LogP contribution >= 0.6 is 0 Å². The molecule has 0 amide bonds. The number of halogens is 1. The number of pyridine rings is 1. The van der Waals surface area contributed by atoms with Crippen molar-refractivity contribution in [1.29, 1.82) is 0 Å². The van der Waals surface area contributed by atoms with Gasteiger partial charge in [-0.15, -0.1) is 0 Å². The van der Waals surface area contributed by atoms with Gasteiger partial charge in [-0.05, 0) is 44.9 Å². The van der Waals surface area contributed by atoms with Crippen LogP contribution < -0.4 is 4.74 Å². The van der Waals surface area contributed by atoms with Crippen molar-refractivity contribution >= 4 is 16.9 Å². The Labute approximate surface area is 176 Å². The van der Waals surface area contributed by atoms with E-state index in [0.29, 0.717) is 59.6 Å². The molecule has 0 fully saturated rings. The lowest BCUT2D eigenvalue weighted by Crippen LogP contribution is -2.37. The van der Waals surface area contributed by atoms with Crippen molar-refractivity contribution in [2.75, 3.05) is 13.7 Å². The number of carbonyl (C=O) groups excluding carboxylic acids is 1. The Morgan fingerprint density at radius 2 is 1.90 bits per heavy atom. The first kappa shape index (κ1) is 21.7. The Kier molecular flexibility index (Phi) is 6.39. The van der Waals surface area contributed by atoms with Gasteiger partial charge in [0.25, 0.3) is 0 Å². The molecule has 0 atom stereocenters. The molecular weight excluding hydrogens is 385 g/mol. The SMILES string of the molecule is CCOC(=O)C(CC)(CC)c1ccc(-c2cc(F)c3cnn(CC)c3c2)nc1OC. The zero-order valence-corrected chi connectivity index (χ0v) is 18.2. The van der Waals surface area contributed by atoms with Gasteiger partial charge in [-0.2, -0.15) is 5.10 Å². The predicted molar refractivity (Wildman–Crippen MR) is 114 cm³/mol. The lowest BCUT2D eigenvalue weighted by Gasteiger charge is -2.30. The molecule has 0 unspecified atom stereocenters. The molecule has 0 spiro atoms. The molecule has 2 aromatic heterocycles. The monoisotopic (exact) mass is 413 g/mol. The van der Waals surface area contributed by atoms with E-state index in [1.807, 2.05) is 32.9 Å². The van der Waals surface area contributed by atoms with E-state index in [1.54, 1.807) is 17.7 Å². The third-order valence-electron chi connectivity index (χ3n) is 5.75. The van der Waals surface area contributed by atoms with Gasteiger partial charge in [0.05, 0.1) is 41.9 Å². The van der Waals surface area contributed by atoms with E-state index in [9.17, 15) is 9.18 Å². The number of methoxy groups -OCH3 is 1. The predicted octanol–water partition coefficient (Wildman–Crippen LogP) is 4.89. The van der Waals surface area contributed by atoms with E-state index in [1.165, 1.54) is 19.4 Å². The van der Waals surface area contributed by atoms with Crippen molar-refractivity contribution < 1.29 is 18.7 Å². The third-order valence-corrected chi connectivity index (χ3v) is 5.75. The van der Waals surface area contributed by atoms with Crippen molar-refractivity contribution in [1.82, 2.24) is 14.8 Å². The molecule has 7 heteroatoms. The van der Waals surface area contributed by atoms with Crippen LogP contribution in [0.1, 0.15) is 46.1 Å². The summed E-state index contributed by atoms with van der Waals surface area (Å²) in [5.41, 5.74) is 1.72. The molecule has 0 aliphatic rings.